The third-order valence-electron chi connectivity index (χ3n) is 6.41. The van der Waals surface area contributed by atoms with E-state index >= 15 is 0 Å². The van der Waals surface area contributed by atoms with E-state index in [0.717, 1.165) is 11.8 Å². The summed E-state index contributed by atoms with van der Waals surface area (Å²) in [6, 6.07) is 20.2. The van der Waals surface area contributed by atoms with Crippen molar-refractivity contribution in [3.63, 3.8) is 0 Å². The third-order valence-corrected chi connectivity index (χ3v) is 6.41. The molecule has 0 bridgehead atoms. The summed E-state index contributed by atoms with van der Waals surface area (Å²) in [5.74, 6) is 1.71. The molecule has 1 aliphatic carbocycles. The number of hydrogen-bond acceptors (Lipinski definition) is 1. The first kappa shape index (κ1) is 16.8. The fourth-order valence-electron chi connectivity index (χ4n) is 5.02. The van der Waals surface area contributed by atoms with Crippen molar-refractivity contribution in [1.82, 2.24) is 4.90 Å². The van der Waals surface area contributed by atoms with E-state index in [1.807, 2.05) is 0 Å². The Labute approximate surface area is 153 Å². The minimum absolute atomic E-state index is 0.819. The van der Waals surface area contributed by atoms with Crippen LogP contribution in [-0.2, 0) is 12.8 Å². The Morgan fingerprint density at radius 2 is 1.64 bits per heavy atom. The molecule has 1 fully saturated rings. The normalized spacial score (nSPS) is 24.5. The molecule has 0 radical (unpaired) electrons. The summed E-state index contributed by atoms with van der Waals surface area (Å²) < 4.78 is 0. The standard InChI is InChI=1S/C24H31N/c1-2-8-20(9-3-1)15-18-25-17-7-12-22(16-19-25)24-14-6-11-21-10-4-5-13-23(21)24/h1-5,8-10,13,22,24H,6-7,11-12,14-19H2/t22-,24?/m0/s1. The van der Waals surface area contributed by atoms with Crippen LogP contribution in [0.1, 0.15) is 54.7 Å². The van der Waals surface area contributed by atoms with Crippen molar-refractivity contribution in [2.45, 2.75) is 50.9 Å². The van der Waals surface area contributed by atoms with Crippen LogP contribution < -0.4 is 0 Å². The maximum atomic E-state index is 2.71. The molecule has 2 aromatic carbocycles. The monoisotopic (exact) mass is 333 g/mol. The van der Waals surface area contributed by atoms with Crippen molar-refractivity contribution in [2.75, 3.05) is 19.6 Å². The molecule has 1 saturated heterocycles. The summed E-state index contributed by atoms with van der Waals surface area (Å²) in [6.07, 6.45) is 9.45. The zero-order valence-corrected chi connectivity index (χ0v) is 15.4. The van der Waals surface area contributed by atoms with Gasteiger partial charge in [0.2, 0.25) is 0 Å². The molecule has 4 rings (SSSR count). The van der Waals surface area contributed by atoms with E-state index in [1.54, 1.807) is 11.1 Å². The lowest BCUT2D eigenvalue weighted by molar-refractivity contribution is 0.276. The number of likely N-dealkylation sites (tertiary alicyclic amines) is 1. The summed E-state index contributed by atoms with van der Waals surface area (Å²) in [5, 5.41) is 0. The van der Waals surface area contributed by atoms with Crippen LogP contribution in [0.5, 0.6) is 0 Å². The Hall–Kier alpha value is -1.60. The highest BCUT2D eigenvalue weighted by Crippen LogP contribution is 2.41. The van der Waals surface area contributed by atoms with Gasteiger partial charge < -0.3 is 4.90 Å². The van der Waals surface area contributed by atoms with Crippen molar-refractivity contribution < 1.29 is 0 Å². The predicted molar refractivity (Wildman–Crippen MR) is 106 cm³/mol. The van der Waals surface area contributed by atoms with E-state index in [1.165, 1.54) is 70.1 Å². The van der Waals surface area contributed by atoms with Crippen LogP contribution in [0, 0.1) is 5.92 Å². The van der Waals surface area contributed by atoms with Crippen LogP contribution in [0.25, 0.3) is 0 Å². The molecular weight excluding hydrogens is 302 g/mol. The van der Waals surface area contributed by atoms with Gasteiger partial charge in [-0.2, -0.15) is 0 Å². The molecule has 0 amide bonds. The molecule has 132 valence electrons. The summed E-state index contributed by atoms with van der Waals surface area (Å²) in [6.45, 7) is 3.80. The predicted octanol–water partition coefficient (Wildman–Crippen LogP) is 5.45. The molecule has 1 unspecified atom stereocenters. The van der Waals surface area contributed by atoms with E-state index in [4.69, 9.17) is 0 Å². The second kappa shape index (κ2) is 8.19. The van der Waals surface area contributed by atoms with Crippen molar-refractivity contribution >= 4 is 0 Å². The number of rotatable bonds is 4. The van der Waals surface area contributed by atoms with E-state index in [0.29, 0.717) is 0 Å². The Kier molecular flexibility index (Phi) is 5.52. The molecule has 0 N–H and O–H groups in total. The number of fused-ring (bicyclic) bond motifs is 1. The van der Waals surface area contributed by atoms with Gasteiger partial charge in [0.05, 0.1) is 0 Å². The number of hydrogen-bond donors (Lipinski definition) is 0. The van der Waals surface area contributed by atoms with Crippen molar-refractivity contribution in [3.8, 4) is 0 Å². The minimum atomic E-state index is 0.819. The highest BCUT2D eigenvalue weighted by atomic mass is 15.1. The second-order valence-corrected chi connectivity index (χ2v) is 7.97. The number of aryl methyl sites for hydroxylation is 1. The first-order valence-electron chi connectivity index (χ1n) is 10.2. The van der Waals surface area contributed by atoms with Gasteiger partial charge >= 0.3 is 0 Å². The van der Waals surface area contributed by atoms with Gasteiger partial charge in [0.15, 0.2) is 0 Å². The lowest BCUT2D eigenvalue weighted by atomic mass is 9.73. The summed E-state index contributed by atoms with van der Waals surface area (Å²) in [4.78, 5) is 2.71. The average molecular weight is 334 g/mol. The minimum Gasteiger partial charge on any atom is -0.303 e. The van der Waals surface area contributed by atoms with Gasteiger partial charge in [-0.15, -0.1) is 0 Å². The molecular formula is C24H31N. The van der Waals surface area contributed by atoms with Gasteiger partial charge in [0, 0.05) is 6.54 Å². The highest BCUT2D eigenvalue weighted by molar-refractivity contribution is 5.33. The molecule has 2 atom stereocenters. The Balaban J connectivity index is 1.36. The smallest absolute Gasteiger partial charge is 0.00218 e. The third kappa shape index (κ3) is 4.15. The Bertz CT molecular complexity index is 663. The summed E-state index contributed by atoms with van der Waals surface area (Å²) in [5.41, 5.74) is 4.78. The van der Waals surface area contributed by atoms with Crippen LogP contribution in [0.15, 0.2) is 54.6 Å². The first-order chi connectivity index (χ1) is 12.4. The number of nitrogens with zero attached hydrogens (tertiary/aromatic N) is 1. The molecule has 1 heterocycles. The topological polar surface area (TPSA) is 3.24 Å². The average Bonchev–Trinajstić information content (AvgIpc) is 2.92. The summed E-state index contributed by atoms with van der Waals surface area (Å²) >= 11 is 0. The maximum absolute atomic E-state index is 2.71. The van der Waals surface area contributed by atoms with E-state index in [-0.39, 0.29) is 0 Å². The SMILES string of the molecule is c1ccc(CCN2CCC[C@H](C3CCCc4ccccc43)CC2)cc1. The summed E-state index contributed by atoms with van der Waals surface area (Å²) in [7, 11) is 0. The van der Waals surface area contributed by atoms with Crippen LogP contribution in [0.3, 0.4) is 0 Å². The molecule has 0 aromatic heterocycles. The van der Waals surface area contributed by atoms with Gasteiger partial charge in [-0.1, -0.05) is 54.6 Å². The lowest BCUT2D eigenvalue weighted by Crippen LogP contribution is -2.27. The maximum Gasteiger partial charge on any atom is 0.00218 e. The lowest BCUT2D eigenvalue weighted by Gasteiger charge is -2.32. The van der Waals surface area contributed by atoms with Gasteiger partial charge in [-0.05, 0) is 86.6 Å². The van der Waals surface area contributed by atoms with Gasteiger partial charge in [-0.3, -0.25) is 0 Å². The Morgan fingerprint density at radius 1 is 0.800 bits per heavy atom. The van der Waals surface area contributed by atoms with Gasteiger partial charge in [0.25, 0.3) is 0 Å². The van der Waals surface area contributed by atoms with Crippen molar-refractivity contribution in [2.24, 2.45) is 5.92 Å². The van der Waals surface area contributed by atoms with E-state index in [2.05, 4.69) is 59.5 Å². The number of benzene rings is 2. The molecule has 2 aliphatic rings. The van der Waals surface area contributed by atoms with E-state index < -0.39 is 0 Å². The highest BCUT2D eigenvalue weighted by Gasteiger charge is 2.29. The Morgan fingerprint density at radius 3 is 2.56 bits per heavy atom. The van der Waals surface area contributed by atoms with Gasteiger partial charge in [-0.25, -0.2) is 0 Å². The fourth-order valence-corrected chi connectivity index (χ4v) is 5.02. The quantitative estimate of drug-likeness (QED) is 0.719. The largest absolute Gasteiger partial charge is 0.303 e. The van der Waals surface area contributed by atoms with Crippen LogP contribution in [0.2, 0.25) is 0 Å². The van der Waals surface area contributed by atoms with Crippen LogP contribution >= 0.6 is 0 Å². The van der Waals surface area contributed by atoms with Crippen molar-refractivity contribution in [1.29, 1.82) is 0 Å². The molecule has 0 saturated carbocycles. The zero-order valence-electron chi connectivity index (χ0n) is 15.4. The first-order valence-corrected chi connectivity index (χ1v) is 10.2. The zero-order chi connectivity index (χ0) is 16.9. The molecule has 2 aromatic rings. The van der Waals surface area contributed by atoms with Crippen LogP contribution in [0.4, 0.5) is 0 Å². The molecule has 1 aliphatic heterocycles. The van der Waals surface area contributed by atoms with Crippen molar-refractivity contribution in [3.05, 3.63) is 71.3 Å². The second-order valence-electron chi connectivity index (χ2n) is 7.97. The van der Waals surface area contributed by atoms with Crippen LogP contribution in [-0.4, -0.2) is 24.5 Å². The molecule has 0 spiro atoms. The molecule has 25 heavy (non-hydrogen) atoms. The van der Waals surface area contributed by atoms with Gasteiger partial charge in [0.1, 0.15) is 0 Å². The van der Waals surface area contributed by atoms with E-state index in [9.17, 15) is 0 Å². The molecule has 1 heteroatoms. The fraction of sp³-hybridized carbons (Fsp3) is 0.500. The molecule has 1 nitrogen and oxygen atoms in total.